The van der Waals surface area contributed by atoms with E-state index < -0.39 is 10.0 Å². The zero-order valence-corrected chi connectivity index (χ0v) is 19.3. The second-order valence-corrected chi connectivity index (χ2v) is 9.02. The van der Waals surface area contributed by atoms with Crippen LogP contribution < -0.4 is 19.1 Å². The van der Waals surface area contributed by atoms with Gasteiger partial charge in [-0.15, -0.1) is 0 Å². The van der Waals surface area contributed by atoms with Gasteiger partial charge in [0.2, 0.25) is 0 Å². The molecule has 168 valence electrons. The second-order valence-electron chi connectivity index (χ2n) is 7.34. The van der Waals surface area contributed by atoms with Gasteiger partial charge in [0.05, 0.1) is 12.0 Å². The van der Waals surface area contributed by atoms with Crippen LogP contribution in [0.25, 0.3) is 0 Å². The summed E-state index contributed by atoms with van der Waals surface area (Å²) in [5.41, 5.74) is 2.81. The Morgan fingerprint density at radius 1 is 1.00 bits per heavy atom. The Balaban J connectivity index is 1.67. The molecule has 8 heteroatoms. The van der Waals surface area contributed by atoms with Crippen LogP contribution in [0.4, 0.5) is 11.4 Å². The van der Waals surface area contributed by atoms with Crippen LogP contribution in [0.1, 0.15) is 11.1 Å². The van der Waals surface area contributed by atoms with Crippen LogP contribution in [-0.2, 0) is 14.8 Å². The Morgan fingerprint density at radius 3 is 2.38 bits per heavy atom. The molecule has 0 saturated heterocycles. The number of aryl methyl sites for hydroxylation is 2. The Hall–Kier alpha value is -3.52. The lowest BCUT2D eigenvalue weighted by Gasteiger charge is -2.19. The van der Waals surface area contributed by atoms with E-state index in [1.54, 1.807) is 63.5 Å². The Labute approximate surface area is 188 Å². The molecule has 7 nitrogen and oxygen atoms in total. The number of nitrogens with one attached hydrogen (secondary N) is 1. The first-order valence-corrected chi connectivity index (χ1v) is 11.4. The van der Waals surface area contributed by atoms with Gasteiger partial charge in [-0.05, 0) is 61.9 Å². The van der Waals surface area contributed by atoms with Gasteiger partial charge in [-0.2, -0.15) is 0 Å². The van der Waals surface area contributed by atoms with Gasteiger partial charge in [0.1, 0.15) is 11.5 Å². The highest BCUT2D eigenvalue weighted by atomic mass is 32.2. The summed E-state index contributed by atoms with van der Waals surface area (Å²) in [6.07, 6.45) is 0. The van der Waals surface area contributed by atoms with Gasteiger partial charge in [0.15, 0.2) is 6.61 Å². The van der Waals surface area contributed by atoms with Crippen molar-refractivity contribution in [3.8, 4) is 11.5 Å². The quantitative estimate of drug-likeness (QED) is 0.553. The van der Waals surface area contributed by atoms with Crippen LogP contribution in [0.2, 0.25) is 0 Å². The van der Waals surface area contributed by atoms with Gasteiger partial charge < -0.3 is 14.4 Å². The third-order valence-electron chi connectivity index (χ3n) is 4.93. The van der Waals surface area contributed by atoms with Crippen LogP contribution in [0.3, 0.4) is 0 Å². The van der Waals surface area contributed by atoms with Crippen LogP contribution in [0, 0.1) is 13.8 Å². The molecule has 0 aliphatic heterocycles. The zero-order valence-electron chi connectivity index (χ0n) is 18.5. The largest absolute Gasteiger partial charge is 0.497 e. The Morgan fingerprint density at radius 2 is 1.72 bits per heavy atom. The maximum atomic E-state index is 12.7. The smallest absolute Gasteiger partial charge is 0.264 e. The van der Waals surface area contributed by atoms with Gasteiger partial charge in [0, 0.05) is 24.5 Å². The number of carbonyl (C=O) groups is 1. The number of anilines is 2. The fourth-order valence-electron chi connectivity index (χ4n) is 2.99. The molecular weight excluding hydrogens is 428 g/mol. The first-order chi connectivity index (χ1) is 15.2. The van der Waals surface area contributed by atoms with E-state index in [0.717, 1.165) is 5.56 Å². The third-order valence-corrected chi connectivity index (χ3v) is 6.31. The summed E-state index contributed by atoms with van der Waals surface area (Å²) >= 11 is 0. The van der Waals surface area contributed by atoms with E-state index in [-0.39, 0.29) is 17.4 Å². The molecule has 0 spiro atoms. The number of amides is 1. The van der Waals surface area contributed by atoms with Gasteiger partial charge in [0.25, 0.3) is 15.9 Å². The van der Waals surface area contributed by atoms with Crippen molar-refractivity contribution in [3.05, 3.63) is 77.9 Å². The molecule has 0 aromatic heterocycles. The van der Waals surface area contributed by atoms with E-state index in [9.17, 15) is 13.2 Å². The summed E-state index contributed by atoms with van der Waals surface area (Å²) in [6, 6.07) is 18.8. The molecule has 0 bridgehead atoms. The van der Waals surface area contributed by atoms with E-state index >= 15 is 0 Å². The molecular formula is C24H26N2O5S. The zero-order chi connectivity index (χ0) is 23.3. The molecule has 0 saturated carbocycles. The highest BCUT2D eigenvalue weighted by Gasteiger charge is 2.17. The summed E-state index contributed by atoms with van der Waals surface area (Å²) in [7, 11) is -0.530. The average molecular weight is 455 g/mol. The molecule has 1 amide bonds. The van der Waals surface area contributed by atoms with Crippen LogP contribution in [0.5, 0.6) is 11.5 Å². The predicted octanol–water partition coefficient (Wildman–Crippen LogP) is 4.15. The number of likely N-dealkylation sites (N-methyl/N-ethyl adjacent to an activating group) is 1. The molecule has 32 heavy (non-hydrogen) atoms. The highest BCUT2D eigenvalue weighted by molar-refractivity contribution is 7.92. The minimum Gasteiger partial charge on any atom is -0.497 e. The van der Waals surface area contributed by atoms with Gasteiger partial charge >= 0.3 is 0 Å². The number of hydrogen-bond acceptors (Lipinski definition) is 5. The van der Waals surface area contributed by atoms with Gasteiger partial charge in [-0.1, -0.05) is 23.8 Å². The van der Waals surface area contributed by atoms with E-state index in [2.05, 4.69) is 4.72 Å². The molecule has 0 heterocycles. The lowest BCUT2D eigenvalue weighted by Crippen LogP contribution is -2.31. The molecule has 0 unspecified atom stereocenters. The van der Waals surface area contributed by atoms with Crippen LogP contribution >= 0.6 is 0 Å². The molecule has 0 aliphatic rings. The van der Waals surface area contributed by atoms with Crippen molar-refractivity contribution in [1.29, 1.82) is 0 Å². The number of carbonyl (C=O) groups excluding carboxylic acids is 1. The number of ether oxygens (including phenoxy) is 2. The standard InChI is InChI=1S/C24H26N2O5S/c1-17-8-10-19(11-9-17)25-32(28,29)22-12-13-23(18(2)14-22)31-16-24(27)26(3)20-6-5-7-21(15-20)30-4/h5-15,25H,16H2,1-4H3. The average Bonchev–Trinajstić information content (AvgIpc) is 2.78. The summed E-state index contributed by atoms with van der Waals surface area (Å²) in [5, 5.41) is 0. The first kappa shape index (κ1) is 23.1. The number of rotatable bonds is 8. The third kappa shape index (κ3) is 5.59. The van der Waals surface area contributed by atoms with Gasteiger partial charge in [-0.3, -0.25) is 9.52 Å². The molecule has 1 N–H and O–H groups in total. The predicted molar refractivity (Wildman–Crippen MR) is 125 cm³/mol. The fourth-order valence-corrected chi connectivity index (χ4v) is 4.13. The topological polar surface area (TPSA) is 84.9 Å². The minimum atomic E-state index is -3.75. The lowest BCUT2D eigenvalue weighted by molar-refractivity contribution is -0.120. The molecule has 0 radical (unpaired) electrons. The maximum absolute atomic E-state index is 12.7. The number of nitrogens with zero attached hydrogens (tertiary/aromatic N) is 1. The van der Waals surface area contributed by atoms with Crippen molar-refractivity contribution in [2.24, 2.45) is 0 Å². The fraction of sp³-hybridized carbons (Fsp3) is 0.208. The SMILES string of the molecule is COc1cccc(N(C)C(=O)COc2ccc(S(=O)(=O)Nc3ccc(C)cc3)cc2C)c1. The number of methoxy groups -OCH3 is 1. The molecule has 0 fully saturated rings. The first-order valence-electron chi connectivity index (χ1n) is 9.93. The van der Waals surface area contributed by atoms with E-state index in [1.807, 2.05) is 19.1 Å². The molecule has 3 aromatic rings. The van der Waals surface area contributed by atoms with Crippen LogP contribution in [0.15, 0.2) is 71.6 Å². The summed E-state index contributed by atoms with van der Waals surface area (Å²) in [5.74, 6) is 0.831. The molecule has 0 atom stereocenters. The maximum Gasteiger partial charge on any atom is 0.264 e. The van der Waals surface area contributed by atoms with Crippen molar-refractivity contribution in [2.75, 3.05) is 30.4 Å². The van der Waals surface area contributed by atoms with Crippen molar-refractivity contribution < 1.29 is 22.7 Å². The second kappa shape index (κ2) is 9.74. The van der Waals surface area contributed by atoms with Crippen molar-refractivity contribution in [3.63, 3.8) is 0 Å². The van der Waals surface area contributed by atoms with E-state index in [4.69, 9.17) is 9.47 Å². The lowest BCUT2D eigenvalue weighted by atomic mass is 10.2. The van der Waals surface area contributed by atoms with Crippen LogP contribution in [-0.4, -0.2) is 35.1 Å². The number of benzene rings is 3. The summed E-state index contributed by atoms with van der Waals surface area (Å²) in [4.78, 5) is 14.1. The monoisotopic (exact) mass is 454 g/mol. The van der Waals surface area contributed by atoms with E-state index in [0.29, 0.717) is 28.4 Å². The summed E-state index contributed by atoms with van der Waals surface area (Å²) < 4.78 is 38.8. The Kier molecular flexibility index (Phi) is 7.05. The van der Waals surface area contributed by atoms with Crippen molar-refractivity contribution in [2.45, 2.75) is 18.7 Å². The van der Waals surface area contributed by atoms with Crippen molar-refractivity contribution >= 4 is 27.3 Å². The molecule has 0 aliphatic carbocycles. The number of sulfonamides is 1. The summed E-state index contributed by atoms with van der Waals surface area (Å²) in [6.45, 7) is 3.47. The molecule has 3 aromatic carbocycles. The normalized spacial score (nSPS) is 11.0. The number of hydrogen-bond donors (Lipinski definition) is 1. The highest BCUT2D eigenvalue weighted by Crippen LogP contribution is 2.24. The van der Waals surface area contributed by atoms with E-state index in [1.165, 1.54) is 17.0 Å². The van der Waals surface area contributed by atoms with Gasteiger partial charge in [-0.25, -0.2) is 8.42 Å². The Bertz CT molecular complexity index is 1210. The molecule has 3 rings (SSSR count). The minimum absolute atomic E-state index is 0.114. The van der Waals surface area contributed by atoms with Crippen molar-refractivity contribution in [1.82, 2.24) is 0 Å².